The molecule has 5 heteroatoms. The molecule has 0 bridgehead atoms. The second-order valence-electron chi connectivity index (χ2n) is 4.32. The van der Waals surface area contributed by atoms with Gasteiger partial charge >= 0.3 is 0 Å². The van der Waals surface area contributed by atoms with Crippen LogP contribution < -0.4 is 5.32 Å². The lowest BCUT2D eigenvalue weighted by molar-refractivity contribution is 0.559. The van der Waals surface area contributed by atoms with Gasteiger partial charge in [-0.2, -0.15) is 0 Å². The third-order valence-electron chi connectivity index (χ3n) is 2.96. The Kier molecular flexibility index (Phi) is 5.44. The van der Waals surface area contributed by atoms with E-state index in [1.54, 1.807) is 18.2 Å². The van der Waals surface area contributed by atoms with E-state index in [1.807, 2.05) is 19.1 Å². The van der Waals surface area contributed by atoms with E-state index in [4.69, 9.17) is 23.2 Å². The van der Waals surface area contributed by atoms with Crippen LogP contribution in [0.4, 0.5) is 4.39 Å². The van der Waals surface area contributed by atoms with E-state index in [2.05, 4.69) is 21.2 Å². The van der Waals surface area contributed by atoms with Crippen LogP contribution in [0.25, 0.3) is 0 Å². The van der Waals surface area contributed by atoms with Crippen molar-refractivity contribution in [3.63, 3.8) is 0 Å². The molecule has 0 aliphatic rings. The normalized spacial score (nSPS) is 12.4. The summed E-state index contributed by atoms with van der Waals surface area (Å²) in [5.74, 6) is -0.345. The van der Waals surface area contributed by atoms with Crippen molar-refractivity contribution in [3.8, 4) is 0 Å². The van der Waals surface area contributed by atoms with Crippen molar-refractivity contribution in [1.29, 1.82) is 0 Å². The van der Waals surface area contributed by atoms with Gasteiger partial charge in [-0.15, -0.1) is 0 Å². The van der Waals surface area contributed by atoms with Gasteiger partial charge in [0.25, 0.3) is 0 Å². The molecule has 1 N–H and O–H groups in total. The number of hydrogen-bond acceptors (Lipinski definition) is 1. The van der Waals surface area contributed by atoms with Gasteiger partial charge in [0.05, 0.1) is 6.04 Å². The summed E-state index contributed by atoms with van der Waals surface area (Å²) in [6.07, 6.45) is 0. The molecule has 0 aromatic heterocycles. The fourth-order valence-electron chi connectivity index (χ4n) is 2.06. The van der Waals surface area contributed by atoms with Crippen molar-refractivity contribution in [2.24, 2.45) is 0 Å². The summed E-state index contributed by atoms with van der Waals surface area (Å²) in [4.78, 5) is 0. The maximum atomic E-state index is 14.1. The highest BCUT2D eigenvalue weighted by Crippen LogP contribution is 2.32. The Bertz CT molecular complexity index is 567. The summed E-state index contributed by atoms with van der Waals surface area (Å²) in [7, 11) is 0. The van der Waals surface area contributed by atoms with Crippen molar-refractivity contribution < 1.29 is 4.39 Å². The first-order chi connectivity index (χ1) is 9.52. The number of halogens is 4. The van der Waals surface area contributed by atoms with Crippen LogP contribution in [0.1, 0.15) is 24.1 Å². The Morgan fingerprint density at radius 2 is 1.85 bits per heavy atom. The molecule has 20 heavy (non-hydrogen) atoms. The lowest BCUT2D eigenvalue weighted by Gasteiger charge is -2.21. The maximum absolute atomic E-state index is 14.1. The molecule has 106 valence electrons. The van der Waals surface area contributed by atoms with Crippen LogP contribution in [0.5, 0.6) is 0 Å². The molecule has 0 radical (unpaired) electrons. The van der Waals surface area contributed by atoms with Gasteiger partial charge in [-0.1, -0.05) is 58.2 Å². The number of benzene rings is 2. The van der Waals surface area contributed by atoms with Crippen LogP contribution in [-0.2, 0) is 0 Å². The zero-order valence-electron chi connectivity index (χ0n) is 10.8. The minimum Gasteiger partial charge on any atom is -0.306 e. The second kappa shape index (κ2) is 6.90. The zero-order chi connectivity index (χ0) is 14.7. The van der Waals surface area contributed by atoms with Gasteiger partial charge in [0.2, 0.25) is 0 Å². The molecule has 1 atom stereocenters. The van der Waals surface area contributed by atoms with E-state index < -0.39 is 0 Å². The van der Waals surface area contributed by atoms with E-state index in [0.717, 1.165) is 10.0 Å². The van der Waals surface area contributed by atoms with Gasteiger partial charge in [0.15, 0.2) is 0 Å². The molecule has 0 amide bonds. The highest BCUT2D eigenvalue weighted by molar-refractivity contribution is 9.10. The minimum atomic E-state index is -0.345. The van der Waals surface area contributed by atoms with E-state index in [-0.39, 0.29) is 11.9 Å². The Hall–Kier alpha value is -0.610. The molecule has 2 aromatic carbocycles. The fraction of sp³-hybridized carbons (Fsp3) is 0.200. The van der Waals surface area contributed by atoms with Crippen LogP contribution in [0.15, 0.2) is 40.9 Å². The predicted octanol–water partition coefficient (Wildman–Crippen LogP) is 5.59. The minimum absolute atomic E-state index is 0.308. The van der Waals surface area contributed by atoms with Gasteiger partial charge in [0.1, 0.15) is 5.82 Å². The first-order valence-corrected chi connectivity index (χ1v) is 7.71. The molecular weight excluding hydrogens is 364 g/mol. The van der Waals surface area contributed by atoms with Crippen LogP contribution in [-0.4, -0.2) is 6.54 Å². The molecular formula is C15H13BrCl2FN. The van der Waals surface area contributed by atoms with Gasteiger partial charge in [-0.3, -0.25) is 0 Å². The maximum Gasteiger partial charge on any atom is 0.129 e. The van der Waals surface area contributed by atoms with Gasteiger partial charge in [0, 0.05) is 20.1 Å². The number of rotatable bonds is 4. The monoisotopic (exact) mass is 375 g/mol. The highest BCUT2D eigenvalue weighted by atomic mass is 79.9. The Balaban J connectivity index is 2.50. The predicted molar refractivity (Wildman–Crippen MR) is 86.1 cm³/mol. The Morgan fingerprint density at radius 3 is 2.45 bits per heavy atom. The van der Waals surface area contributed by atoms with Crippen LogP contribution in [0.2, 0.25) is 10.0 Å². The summed E-state index contributed by atoms with van der Waals surface area (Å²) in [6, 6.07) is 9.94. The molecule has 0 heterocycles. The molecule has 0 aliphatic heterocycles. The van der Waals surface area contributed by atoms with Crippen molar-refractivity contribution in [2.45, 2.75) is 13.0 Å². The molecule has 2 aromatic rings. The van der Waals surface area contributed by atoms with Crippen molar-refractivity contribution in [2.75, 3.05) is 6.54 Å². The average Bonchev–Trinajstić information content (AvgIpc) is 2.37. The lowest BCUT2D eigenvalue weighted by atomic mass is 9.98. The molecule has 0 spiro atoms. The van der Waals surface area contributed by atoms with Gasteiger partial charge in [-0.05, 0) is 36.4 Å². The molecule has 0 saturated heterocycles. The third kappa shape index (κ3) is 3.53. The quantitative estimate of drug-likeness (QED) is 0.732. The average molecular weight is 377 g/mol. The second-order valence-corrected chi connectivity index (χ2v) is 6.08. The smallest absolute Gasteiger partial charge is 0.129 e. The topological polar surface area (TPSA) is 12.0 Å². The SMILES string of the molecule is CCNC(c1ccc(Cl)cc1F)c1ccc(Br)cc1Cl. The summed E-state index contributed by atoms with van der Waals surface area (Å²) in [5.41, 5.74) is 1.36. The molecule has 0 fully saturated rings. The Labute approximate surface area is 136 Å². The van der Waals surface area contributed by atoms with Crippen molar-refractivity contribution >= 4 is 39.1 Å². The molecule has 1 unspecified atom stereocenters. The third-order valence-corrected chi connectivity index (χ3v) is 4.01. The molecule has 1 nitrogen and oxygen atoms in total. The number of hydrogen-bond donors (Lipinski definition) is 1. The molecule has 0 saturated carbocycles. The van der Waals surface area contributed by atoms with Crippen LogP contribution in [0.3, 0.4) is 0 Å². The van der Waals surface area contributed by atoms with Crippen LogP contribution in [0, 0.1) is 5.82 Å². The van der Waals surface area contributed by atoms with Crippen molar-refractivity contribution in [1.82, 2.24) is 5.32 Å². The standard InChI is InChI=1S/C15H13BrCl2FN/c1-2-20-15(11-5-3-9(16)7-13(11)18)12-6-4-10(17)8-14(12)19/h3-8,15,20H,2H2,1H3. The van der Waals surface area contributed by atoms with E-state index in [0.29, 0.717) is 22.2 Å². The lowest BCUT2D eigenvalue weighted by Crippen LogP contribution is -2.23. The summed E-state index contributed by atoms with van der Waals surface area (Å²) in [5, 5.41) is 4.21. The first kappa shape index (κ1) is 15.8. The summed E-state index contributed by atoms with van der Waals surface area (Å²) in [6.45, 7) is 2.66. The zero-order valence-corrected chi connectivity index (χ0v) is 13.9. The largest absolute Gasteiger partial charge is 0.306 e. The van der Waals surface area contributed by atoms with Gasteiger partial charge in [-0.25, -0.2) is 4.39 Å². The summed E-state index contributed by atoms with van der Waals surface area (Å²) < 4.78 is 15.0. The summed E-state index contributed by atoms with van der Waals surface area (Å²) >= 11 is 15.4. The molecule has 2 rings (SSSR count). The fourth-order valence-corrected chi connectivity index (χ4v) is 3.00. The van der Waals surface area contributed by atoms with E-state index in [1.165, 1.54) is 6.07 Å². The highest BCUT2D eigenvalue weighted by Gasteiger charge is 2.19. The van der Waals surface area contributed by atoms with Crippen LogP contribution >= 0.6 is 39.1 Å². The van der Waals surface area contributed by atoms with Crippen molar-refractivity contribution in [3.05, 3.63) is 67.9 Å². The Morgan fingerprint density at radius 1 is 1.15 bits per heavy atom. The van der Waals surface area contributed by atoms with Gasteiger partial charge < -0.3 is 5.32 Å². The van der Waals surface area contributed by atoms with E-state index >= 15 is 0 Å². The molecule has 0 aliphatic carbocycles. The number of nitrogens with one attached hydrogen (secondary N) is 1. The first-order valence-electron chi connectivity index (χ1n) is 6.16. The van der Waals surface area contributed by atoms with E-state index in [9.17, 15) is 4.39 Å².